The Labute approximate surface area is 196 Å². The average molecular weight is 481 g/mol. The number of rotatable bonds is 15. The smallest absolute Gasteiger partial charge is 0.326 e. The number of aromatic hydroxyl groups is 1. The van der Waals surface area contributed by atoms with Crippen molar-refractivity contribution in [2.75, 3.05) is 13.1 Å². The average Bonchev–Trinajstić information content (AvgIpc) is 2.77. The van der Waals surface area contributed by atoms with Crippen LogP contribution in [0.25, 0.3) is 0 Å². The highest BCUT2D eigenvalue weighted by atomic mass is 16.4. The number of carbonyl (C=O) groups excluding carboxylic acids is 4. The molecule has 0 aromatic heterocycles. The summed E-state index contributed by atoms with van der Waals surface area (Å²) in [4.78, 5) is 59.2. The van der Waals surface area contributed by atoms with Gasteiger partial charge in [0.05, 0.1) is 19.0 Å². The van der Waals surface area contributed by atoms with E-state index in [1.165, 1.54) is 12.1 Å². The van der Waals surface area contributed by atoms with E-state index in [1.807, 2.05) is 0 Å². The highest BCUT2D eigenvalue weighted by molar-refractivity contribution is 5.93. The lowest BCUT2D eigenvalue weighted by molar-refractivity contribution is -0.143. The van der Waals surface area contributed by atoms with Gasteiger partial charge in [-0.2, -0.15) is 0 Å². The molecule has 0 fully saturated rings. The number of nitrogens with two attached hydrogens (primary N) is 3. The summed E-state index contributed by atoms with van der Waals surface area (Å²) in [5.41, 5.74) is 17.1. The summed E-state index contributed by atoms with van der Waals surface area (Å²) < 4.78 is 0. The van der Waals surface area contributed by atoms with Crippen molar-refractivity contribution in [3.8, 4) is 5.75 Å². The number of primary amides is 1. The maximum atomic E-state index is 12.6. The van der Waals surface area contributed by atoms with E-state index in [9.17, 15) is 29.1 Å². The van der Waals surface area contributed by atoms with E-state index in [-0.39, 0.29) is 18.6 Å². The number of amides is 4. The summed E-state index contributed by atoms with van der Waals surface area (Å²) in [5, 5.41) is 25.4. The van der Waals surface area contributed by atoms with Gasteiger partial charge in [0.1, 0.15) is 17.8 Å². The largest absolute Gasteiger partial charge is 0.508 e. The van der Waals surface area contributed by atoms with Gasteiger partial charge in [-0.1, -0.05) is 12.1 Å². The van der Waals surface area contributed by atoms with Crippen molar-refractivity contribution in [2.24, 2.45) is 17.2 Å². The zero-order valence-corrected chi connectivity index (χ0v) is 18.7. The van der Waals surface area contributed by atoms with E-state index in [2.05, 4.69) is 16.0 Å². The van der Waals surface area contributed by atoms with Crippen LogP contribution in [-0.4, -0.2) is 71.0 Å². The van der Waals surface area contributed by atoms with E-state index in [0.29, 0.717) is 24.9 Å². The lowest BCUT2D eigenvalue weighted by Crippen LogP contribution is -2.54. The van der Waals surface area contributed by atoms with Crippen molar-refractivity contribution in [1.29, 1.82) is 0 Å². The number of phenols is 1. The van der Waals surface area contributed by atoms with Gasteiger partial charge >= 0.3 is 5.97 Å². The second kappa shape index (κ2) is 14.4. The van der Waals surface area contributed by atoms with E-state index in [1.54, 1.807) is 12.1 Å². The molecular weight excluding hydrogens is 448 g/mol. The summed E-state index contributed by atoms with van der Waals surface area (Å²) in [6, 6.07) is 2.67. The second-order valence-electron chi connectivity index (χ2n) is 7.67. The van der Waals surface area contributed by atoms with E-state index in [4.69, 9.17) is 22.3 Å². The molecule has 0 saturated carbocycles. The molecule has 13 nitrogen and oxygen atoms in total. The SMILES string of the molecule is NCCCCC(NC(=O)C(N)Cc1ccc(O)cc1)C(=O)NCC(=O)NC(CC(N)=O)C(=O)O. The first kappa shape index (κ1) is 28.3. The molecule has 3 unspecified atom stereocenters. The number of nitrogens with one attached hydrogen (secondary N) is 3. The van der Waals surface area contributed by atoms with Gasteiger partial charge in [0.25, 0.3) is 0 Å². The van der Waals surface area contributed by atoms with Crippen molar-refractivity contribution < 1.29 is 34.2 Å². The topological polar surface area (TPSA) is 240 Å². The molecule has 0 radical (unpaired) electrons. The fraction of sp³-hybridized carbons (Fsp3) is 0.476. The molecule has 0 aliphatic carbocycles. The number of carboxylic acids is 1. The Balaban J connectivity index is 2.69. The minimum atomic E-state index is -1.53. The molecule has 188 valence electrons. The number of carbonyl (C=O) groups is 5. The Bertz CT molecular complexity index is 862. The number of phenolic OH excluding ortho intramolecular Hbond substituents is 1. The van der Waals surface area contributed by atoms with Crippen LogP contribution in [0, 0.1) is 0 Å². The number of aliphatic carboxylic acids is 1. The van der Waals surface area contributed by atoms with E-state index >= 15 is 0 Å². The molecule has 0 heterocycles. The maximum absolute atomic E-state index is 12.6. The minimum Gasteiger partial charge on any atom is -0.508 e. The first-order chi connectivity index (χ1) is 16.0. The molecule has 1 aromatic carbocycles. The molecule has 0 spiro atoms. The highest BCUT2D eigenvalue weighted by Crippen LogP contribution is 2.11. The van der Waals surface area contributed by atoms with Crippen molar-refractivity contribution in [2.45, 2.75) is 50.2 Å². The fourth-order valence-corrected chi connectivity index (χ4v) is 2.96. The van der Waals surface area contributed by atoms with Crippen LogP contribution < -0.4 is 33.2 Å². The van der Waals surface area contributed by atoms with Crippen LogP contribution in [0.2, 0.25) is 0 Å². The minimum absolute atomic E-state index is 0.0757. The van der Waals surface area contributed by atoms with Crippen LogP contribution in [0.4, 0.5) is 0 Å². The lowest BCUT2D eigenvalue weighted by Gasteiger charge is -2.21. The molecule has 13 heteroatoms. The van der Waals surface area contributed by atoms with E-state index in [0.717, 1.165) is 0 Å². The zero-order valence-electron chi connectivity index (χ0n) is 18.7. The molecule has 11 N–H and O–H groups in total. The number of unbranched alkanes of at least 4 members (excludes halogenated alkanes) is 1. The maximum Gasteiger partial charge on any atom is 0.326 e. The van der Waals surface area contributed by atoms with Crippen LogP contribution in [0.1, 0.15) is 31.2 Å². The van der Waals surface area contributed by atoms with Gasteiger partial charge in [-0.15, -0.1) is 0 Å². The summed E-state index contributed by atoms with van der Waals surface area (Å²) in [6.07, 6.45) is 0.927. The van der Waals surface area contributed by atoms with Gasteiger partial charge < -0.3 is 43.4 Å². The van der Waals surface area contributed by atoms with Crippen LogP contribution in [0.3, 0.4) is 0 Å². The van der Waals surface area contributed by atoms with Crippen molar-refractivity contribution in [3.63, 3.8) is 0 Å². The van der Waals surface area contributed by atoms with E-state index < -0.39 is 60.7 Å². The Morgan fingerprint density at radius 3 is 2.15 bits per heavy atom. The van der Waals surface area contributed by atoms with Crippen LogP contribution in [0.5, 0.6) is 5.75 Å². The molecule has 4 amide bonds. The Kier molecular flexibility index (Phi) is 12.0. The first-order valence-electron chi connectivity index (χ1n) is 10.7. The molecule has 1 aromatic rings. The molecule has 0 aliphatic rings. The summed E-state index contributed by atoms with van der Waals surface area (Å²) in [6.45, 7) is -0.189. The van der Waals surface area contributed by atoms with Crippen LogP contribution in [0.15, 0.2) is 24.3 Å². The van der Waals surface area contributed by atoms with Gasteiger partial charge in [-0.3, -0.25) is 19.2 Å². The third kappa shape index (κ3) is 10.7. The zero-order chi connectivity index (χ0) is 25.7. The van der Waals surface area contributed by atoms with Gasteiger partial charge in [0.15, 0.2) is 0 Å². The van der Waals surface area contributed by atoms with Crippen molar-refractivity contribution >= 4 is 29.6 Å². The summed E-state index contributed by atoms with van der Waals surface area (Å²) >= 11 is 0. The molecular formula is C21H32N6O7. The number of carboxylic acid groups (broad SMARTS) is 1. The standard InChI is InChI=1S/C21H32N6O7/c22-8-2-1-3-15(27-19(31)14(23)9-12-4-6-13(28)7-5-12)20(32)25-11-18(30)26-16(21(33)34)10-17(24)29/h4-7,14-16,28H,1-3,8-11,22-23H2,(H2,24,29)(H,25,32)(H,26,30)(H,27,31)(H,33,34). The third-order valence-corrected chi connectivity index (χ3v) is 4.77. The van der Waals surface area contributed by atoms with Crippen LogP contribution in [-0.2, 0) is 30.4 Å². The van der Waals surface area contributed by atoms with Gasteiger partial charge in [-0.25, -0.2) is 4.79 Å². The highest BCUT2D eigenvalue weighted by Gasteiger charge is 2.25. The van der Waals surface area contributed by atoms with Gasteiger partial charge in [0, 0.05) is 0 Å². The first-order valence-corrected chi connectivity index (χ1v) is 10.7. The molecule has 0 saturated heterocycles. The third-order valence-electron chi connectivity index (χ3n) is 4.77. The Morgan fingerprint density at radius 2 is 1.59 bits per heavy atom. The van der Waals surface area contributed by atoms with Gasteiger partial charge in [0.2, 0.25) is 23.6 Å². The number of hydrogen-bond donors (Lipinski definition) is 8. The monoisotopic (exact) mass is 480 g/mol. The quantitative estimate of drug-likeness (QED) is 0.123. The Hall–Kier alpha value is -3.71. The number of benzene rings is 1. The van der Waals surface area contributed by atoms with Gasteiger partial charge in [-0.05, 0) is 49.9 Å². The van der Waals surface area contributed by atoms with Crippen molar-refractivity contribution in [1.82, 2.24) is 16.0 Å². The normalized spacial score (nSPS) is 13.2. The number of hydrogen-bond acceptors (Lipinski definition) is 8. The lowest BCUT2D eigenvalue weighted by atomic mass is 10.0. The summed E-state index contributed by atoms with van der Waals surface area (Å²) in [7, 11) is 0. The fourth-order valence-electron chi connectivity index (χ4n) is 2.96. The predicted molar refractivity (Wildman–Crippen MR) is 121 cm³/mol. The molecule has 0 bridgehead atoms. The van der Waals surface area contributed by atoms with Crippen LogP contribution >= 0.6 is 0 Å². The second-order valence-corrected chi connectivity index (χ2v) is 7.67. The Morgan fingerprint density at radius 1 is 0.941 bits per heavy atom. The molecule has 34 heavy (non-hydrogen) atoms. The van der Waals surface area contributed by atoms with Crippen molar-refractivity contribution in [3.05, 3.63) is 29.8 Å². The summed E-state index contributed by atoms with van der Waals surface area (Å²) in [5.74, 6) is -4.39. The molecule has 0 aliphatic heterocycles. The molecule has 3 atom stereocenters. The molecule has 1 rings (SSSR count). The predicted octanol–water partition coefficient (Wildman–Crippen LogP) is -2.56.